The van der Waals surface area contributed by atoms with Gasteiger partial charge in [-0.25, -0.2) is 0 Å². The van der Waals surface area contributed by atoms with Crippen molar-refractivity contribution in [1.82, 2.24) is 0 Å². The van der Waals surface area contributed by atoms with Crippen LogP contribution in [0.1, 0.15) is 81.2 Å². The van der Waals surface area contributed by atoms with Gasteiger partial charge < -0.3 is 24.1 Å². The highest BCUT2D eigenvalue weighted by atomic mass is 28.4. The molecule has 6 nitrogen and oxygen atoms in total. The number of carboxylic acids is 1. The summed E-state index contributed by atoms with van der Waals surface area (Å²) in [6.45, 7) is 22.7. The van der Waals surface area contributed by atoms with Crippen molar-refractivity contribution in [1.29, 1.82) is 0 Å². The first-order chi connectivity index (χ1) is 17.2. The molecule has 7 heteroatoms. The second kappa shape index (κ2) is 15.2. The van der Waals surface area contributed by atoms with Crippen LogP contribution in [0.4, 0.5) is 0 Å². The number of aliphatic carboxylic acids is 1. The van der Waals surface area contributed by atoms with E-state index < -0.39 is 26.3 Å². The summed E-state index contributed by atoms with van der Waals surface area (Å²) in [7, 11) is -0.314. The summed E-state index contributed by atoms with van der Waals surface area (Å²) in [5.74, 6) is -1.01. The Morgan fingerprint density at radius 1 is 0.892 bits per heavy atom. The molecule has 0 amide bonds. The van der Waals surface area contributed by atoms with Gasteiger partial charge in [-0.05, 0) is 59.5 Å². The molecule has 1 aromatic rings. The number of hydrogen-bond acceptors (Lipinski definition) is 5. The molecule has 0 unspecified atom stereocenters. The minimum atomic E-state index is -1.95. The second-order valence-corrected chi connectivity index (χ2v) is 17.5. The molecule has 214 valence electrons. The normalized spacial score (nSPS) is 17.5. The van der Waals surface area contributed by atoms with Crippen LogP contribution in [0.2, 0.25) is 16.6 Å². The average Bonchev–Trinajstić information content (AvgIpc) is 2.82. The van der Waals surface area contributed by atoms with Crippen LogP contribution < -0.4 is 4.74 Å². The fraction of sp³-hybridized carbons (Fsp3) is 0.767. The first-order valence-corrected chi connectivity index (χ1v) is 16.1. The topological polar surface area (TPSA) is 85.2 Å². The van der Waals surface area contributed by atoms with Gasteiger partial charge in [-0.2, -0.15) is 0 Å². The third-order valence-electron chi connectivity index (χ3n) is 8.22. The molecule has 0 aromatic heterocycles. The zero-order chi connectivity index (χ0) is 28.5. The minimum Gasteiger partial charge on any atom is -0.497 e. The summed E-state index contributed by atoms with van der Waals surface area (Å²) in [4.78, 5) is 11.6. The van der Waals surface area contributed by atoms with Crippen LogP contribution in [0.15, 0.2) is 24.3 Å². The van der Waals surface area contributed by atoms with Crippen molar-refractivity contribution in [3.05, 3.63) is 29.8 Å². The van der Waals surface area contributed by atoms with E-state index >= 15 is 0 Å². The van der Waals surface area contributed by atoms with Gasteiger partial charge in [-0.15, -0.1) is 0 Å². The van der Waals surface area contributed by atoms with E-state index in [1.807, 2.05) is 31.2 Å². The molecular weight excluding hydrogens is 484 g/mol. The van der Waals surface area contributed by atoms with Gasteiger partial charge in [0.1, 0.15) is 5.75 Å². The van der Waals surface area contributed by atoms with Gasteiger partial charge in [0.25, 0.3) is 0 Å². The highest BCUT2D eigenvalue weighted by Gasteiger charge is 2.45. The predicted molar refractivity (Wildman–Crippen MR) is 153 cm³/mol. The smallest absolute Gasteiger partial charge is 0.308 e. The number of ether oxygens (including phenoxy) is 2. The summed E-state index contributed by atoms with van der Waals surface area (Å²) in [5, 5.41) is 20.4. The number of rotatable bonds is 17. The van der Waals surface area contributed by atoms with Crippen molar-refractivity contribution in [3.63, 3.8) is 0 Å². The SMILES string of the molecule is COc1ccc(CO[C@H]([C@@H](C)[C@H](O)[C@@H](C)C(=O)O)[C@@H](C)C[C@@H](C)CO[Si](C(C)C)(C(C)C)C(C)C)cc1. The molecule has 0 aliphatic carbocycles. The lowest BCUT2D eigenvalue weighted by atomic mass is 9.81. The first kappa shape index (κ1) is 33.6. The van der Waals surface area contributed by atoms with Crippen LogP contribution >= 0.6 is 0 Å². The van der Waals surface area contributed by atoms with E-state index in [1.54, 1.807) is 14.0 Å². The van der Waals surface area contributed by atoms with E-state index in [9.17, 15) is 15.0 Å². The Labute approximate surface area is 227 Å². The fourth-order valence-corrected chi connectivity index (χ4v) is 11.7. The van der Waals surface area contributed by atoms with Gasteiger partial charge in [0.2, 0.25) is 0 Å². The van der Waals surface area contributed by atoms with Gasteiger partial charge in [-0.1, -0.05) is 74.4 Å². The zero-order valence-electron chi connectivity index (χ0n) is 25.2. The third kappa shape index (κ3) is 9.08. The molecule has 0 spiro atoms. The lowest BCUT2D eigenvalue weighted by Crippen LogP contribution is -2.48. The largest absolute Gasteiger partial charge is 0.497 e. The first-order valence-electron chi connectivity index (χ1n) is 14.0. The summed E-state index contributed by atoms with van der Waals surface area (Å²) in [6, 6.07) is 7.73. The molecule has 0 heterocycles. The zero-order valence-corrected chi connectivity index (χ0v) is 26.2. The molecule has 6 atom stereocenters. The molecule has 37 heavy (non-hydrogen) atoms. The maximum atomic E-state index is 11.6. The molecule has 0 saturated carbocycles. The van der Waals surface area contributed by atoms with Crippen LogP contribution in [-0.4, -0.2) is 50.4 Å². The molecule has 1 aromatic carbocycles. The van der Waals surface area contributed by atoms with Gasteiger partial charge >= 0.3 is 5.97 Å². The summed E-state index contributed by atoms with van der Waals surface area (Å²) in [5.41, 5.74) is 2.60. The van der Waals surface area contributed by atoms with Gasteiger partial charge in [0, 0.05) is 12.5 Å². The van der Waals surface area contributed by atoms with E-state index in [0.717, 1.165) is 17.7 Å². The Morgan fingerprint density at radius 3 is 1.84 bits per heavy atom. The van der Waals surface area contributed by atoms with E-state index in [2.05, 4.69) is 55.4 Å². The van der Waals surface area contributed by atoms with Crippen LogP contribution in [-0.2, 0) is 20.6 Å². The molecule has 0 saturated heterocycles. The lowest BCUT2D eigenvalue weighted by molar-refractivity contribution is -0.149. The summed E-state index contributed by atoms with van der Waals surface area (Å²) in [6.07, 6.45) is -0.441. The molecule has 0 fully saturated rings. The Hall–Kier alpha value is -1.41. The Kier molecular flexibility index (Phi) is 13.9. The van der Waals surface area contributed by atoms with E-state index in [0.29, 0.717) is 35.8 Å². The number of aliphatic hydroxyl groups excluding tert-OH is 1. The number of carbonyl (C=O) groups is 1. The average molecular weight is 539 g/mol. The molecule has 1 rings (SSSR count). The maximum absolute atomic E-state index is 11.6. The molecule has 0 aliphatic heterocycles. The summed E-state index contributed by atoms with van der Waals surface area (Å²) >= 11 is 0. The van der Waals surface area contributed by atoms with Crippen molar-refractivity contribution >= 4 is 14.3 Å². The van der Waals surface area contributed by atoms with Crippen LogP contribution in [0, 0.1) is 23.7 Å². The lowest BCUT2D eigenvalue weighted by Gasteiger charge is -2.43. The van der Waals surface area contributed by atoms with Crippen molar-refractivity contribution in [2.45, 2.75) is 111 Å². The maximum Gasteiger partial charge on any atom is 0.308 e. The molecule has 0 aliphatic rings. The highest BCUT2D eigenvalue weighted by Crippen LogP contribution is 2.42. The Balaban J connectivity index is 3.02. The Morgan fingerprint density at radius 2 is 1.41 bits per heavy atom. The quantitative estimate of drug-likeness (QED) is 0.205. The van der Waals surface area contributed by atoms with Crippen LogP contribution in [0.5, 0.6) is 5.75 Å². The monoisotopic (exact) mass is 538 g/mol. The Bertz CT molecular complexity index is 772. The molecule has 2 N–H and O–H groups in total. The highest BCUT2D eigenvalue weighted by molar-refractivity contribution is 6.77. The van der Waals surface area contributed by atoms with Crippen molar-refractivity contribution in [2.75, 3.05) is 13.7 Å². The molecule has 0 bridgehead atoms. The van der Waals surface area contributed by atoms with E-state index in [-0.39, 0.29) is 17.9 Å². The third-order valence-corrected chi connectivity index (χ3v) is 14.3. The fourth-order valence-electron chi connectivity index (χ4n) is 6.17. The number of hydrogen-bond donors (Lipinski definition) is 2. The molecular formula is C30H54O6Si. The summed E-state index contributed by atoms with van der Waals surface area (Å²) < 4.78 is 18.5. The van der Waals surface area contributed by atoms with Gasteiger partial charge in [-0.3, -0.25) is 4.79 Å². The second-order valence-electron chi connectivity index (χ2n) is 12.0. The minimum absolute atomic E-state index is 0.107. The van der Waals surface area contributed by atoms with Gasteiger partial charge in [0.05, 0.1) is 31.8 Å². The number of aliphatic hydroxyl groups is 1. The van der Waals surface area contributed by atoms with Gasteiger partial charge in [0.15, 0.2) is 8.32 Å². The van der Waals surface area contributed by atoms with E-state index in [4.69, 9.17) is 13.9 Å². The van der Waals surface area contributed by atoms with Crippen molar-refractivity contribution in [2.24, 2.45) is 23.7 Å². The van der Waals surface area contributed by atoms with Crippen molar-refractivity contribution < 1.29 is 28.9 Å². The van der Waals surface area contributed by atoms with Crippen LogP contribution in [0.25, 0.3) is 0 Å². The number of carboxylic acid groups (broad SMARTS) is 1. The van der Waals surface area contributed by atoms with E-state index in [1.165, 1.54) is 0 Å². The van der Waals surface area contributed by atoms with Crippen LogP contribution in [0.3, 0.4) is 0 Å². The number of benzene rings is 1. The standard InChI is InChI=1S/C30H54O6Si/c1-19(2)37(20(3)4,21(5)6)36-17-22(7)16-23(8)29(24(9)28(31)25(10)30(32)33)35-18-26-12-14-27(34-11)15-13-26/h12-15,19-25,28-29,31H,16-18H2,1-11H3,(H,32,33)/t22-,23+,24+,25-,28+,29+/m1/s1. The number of methoxy groups -OCH3 is 1. The molecule has 0 radical (unpaired) electrons. The predicted octanol–water partition coefficient (Wildman–Crippen LogP) is 7.15. The van der Waals surface area contributed by atoms with Crippen molar-refractivity contribution in [3.8, 4) is 5.75 Å².